The second kappa shape index (κ2) is 4.82. The number of hydrogen-bond acceptors (Lipinski definition) is 6. The van der Waals surface area contributed by atoms with Crippen LogP contribution in [0.5, 0.6) is 11.5 Å². The summed E-state index contributed by atoms with van der Waals surface area (Å²) >= 11 is 1.45. The normalized spacial score (nSPS) is 12.8. The molecule has 21 heavy (non-hydrogen) atoms. The highest BCUT2D eigenvalue weighted by Gasteiger charge is 2.16. The van der Waals surface area contributed by atoms with Gasteiger partial charge in [-0.3, -0.25) is 0 Å². The van der Waals surface area contributed by atoms with Crippen LogP contribution in [-0.2, 0) is 0 Å². The smallest absolute Gasteiger partial charge is 0.231 e. The van der Waals surface area contributed by atoms with Crippen molar-refractivity contribution in [2.24, 2.45) is 0 Å². The summed E-state index contributed by atoms with van der Waals surface area (Å²) in [6.07, 6.45) is 3.49. The van der Waals surface area contributed by atoms with Gasteiger partial charge in [-0.15, -0.1) is 0 Å². The Balaban J connectivity index is 1.84. The molecule has 0 radical (unpaired) electrons. The molecule has 0 bridgehead atoms. The molecular formula is C15H11N3O2S. The largest absolute Gasteiger partial charge is 0.454 e. The molecular weight excluding hydrogens is 286 g/mol. The van der Waals surface area contributed by atoms with Crippen LogP contribution in [0, 0.1) is 0 Å². The van der Waals surface area contributed by atoms with Crippen molar-refractivity contribution in [2.75, 3.05) is 12.5 Å². The lowest BCUT2D eigenvalue weighted by molar-refractivity contribution is 0.174. The molecule has 2 N–H and O–H groups in total. The van der Waals surface area contributed by atoms with Crippen LogP contribution >= 0.6 is 11.8 Å². The van der Waals surface area contributed by atoms with Gasteiger partial charge in [0, 0.05) is 17.8 Å². The van der Waals surface area contributed by atoms with Gasteiger partial charge in [-0.05, 0) is 47.5 Å². The minimum Gasteiger partial charge on any atom is -0.454 e. The van der Waals surface area contributed by atoms with E-state index in [-0.39, 0.29) is 6.79 Å². The van der Waals surface area contributed by atoms with Crippen molar-refractivity contribution < 1.29 is 9.47 Å². The van der Waals surface area contributed by atoms with E-state index in [4.69, 9.17) is 15.2 Å². The van der Waals surface area contributed by atoms with Crippen molar-refractivity contribution in [3.63, 3.8) is 0 Å². The van der Waals surface area contributed by atoms with Gasteiger partial charge in [-0.2, -0.15) is 0 Å². The highest BCUT2D eigenvalue weighted by Crippen LogP contribution is 2.40. The summed E-state index contributed by atoms with van der Waals surface area (Å²) in [5.74, 6) is 1.51. The second-order valence-electron chi connectivity index (χ2n) is 4.54. The molecule has 0 aliphatic carbocycles. The van der Waals surface area contributed by atoms with Crippen LogP contribution in [-0.4, -0.2) is 16.8 Å². The molecule has 0 fully saturated rings. The SMILES string of the molecule is Nc1cccnc1Sc1nccc2cc3c(cc12)OCO3. The Morgan fingerprint density at radius 2 is 1.81 bits per heavy atom. The summed E-state index contributed by atoms with van der Waals surface area (Å²) in [5, 5.41) is 3.63. The summed E-state index contributed by atoms with van der Waals surface area (Å²) in [4.78, 5) is 8.73. The maximum absolute atomic E-state index is 5.95. The monoisotopic (exact) mass is 297 g/mol. The highest BCUT2D eigenvalue weighted by molar-refractivity contribution is 7.99. The lowest BCUT2D eigenvalue weighted by Crippen LogP contribution is -1.92. The highest BCUT2D eigenvalue weighted by atomic mass is 32.2. The van der Waals surface area contributed by atoms with Crippen molar-refractivity contribution in [3.8, 4) is 11.5 Å². The van der Waals surface area contributed by atoms with E-state index in [1.54, 1.807) is 12.4 Å². The van der Waals surface area contributed by atoms with Gasteiger partial charge in [-0.1, -0.05) is 0 Å². The molecule has 3 aromatic rings. The average molecular weight is 297 g/mol. The Hall–Kier alpha value is -2.47. The average Bonchev–Trinajstić information content (AvgIpc) is 2.95. The van der Waals surface area contributed by atoms with Crippen LogP contribution in [0.4, 0.5) is 5.69 Å². The Morgan fingerprint density at radius 3 is 2.67 bits per heavy atom. The number of pyridine rings is 2. The Bertz CT molecular complexity index is 838. The van der Waals surface area contributed by atoms with Crippen molar-refractivity contribution in [1.29, 1.82) is 0 Å². The van der Waals surface area contributed by atoms with Gasteiger partial charge in [0.1, 0.15) is 10.1 Å². The van der Waals surface area contributed by atoms with Crippen LogP contribution in [0.1, 0.15) is 0 Å². The van der Waals surface area contributed by atoms with Gasteiger partial charge in [0.2, 0.25) is 6.79 Å². The molecule has 0 saturated carbocycles. The number of ether oxygens (including phenoxy) is 2. The molecule has 1 aromatic carbocycles. The predicted octanol–water partition coefficient (Wildman–Crippen LogP) is 3.09. The van der Waals surface area contributed by atoms with Crippen molar-refractivity contribution in [2.45, 2.75) is 10.1 Å². The van der Waals surface area contributed by atoms with Gasteiger partial charge >= 0.3 is 0 Å². The van der Waals surface area contributed by atoms with E-state index in [1.165, 1.54) is 11.8 Å². The first-order chi connectivity index (χ1) is 10.3. The van der Waals surface area contributed by atoms with E-state index in [9.17, 15) is 0 Å². The lowest BCUT2D eigenvalue weighted by Gasteiger charge is -2.07. The van der Waals surface area contributed by atoms with Gasteiger partial charge in [0.15, 0.2) is 11.5 Å². The molecule has 1 aliphatic rings. The van der Waals surface area contributed by atoms with E-state index in [0.717, 1.165) is 32.3 Å². The maximum Gasteiger partial charge on any atom is 0.231 e. The van der Waals surface area contributed by atoms with Gasteiger partial charge in [0.05, 0.1) is 5.69 Å². The summed E-state index contributed by atoms with van der Waals surface area (Å²) < 4.78 is 10.8. The van der Waals surface area contributed by atoms with Crippen molar-refractivity contribution in [1.82, 2.24) is 9.97 Å². The number of aromatic nitrogens is 2. The number of nitrogens with zero attached hydrogens (tertiary/aromatic N) is 2. The molecule has 4 rings (SSSR count). The topological polar surface area (TPSA) is 70.3 Å². The first-order valence-corrected chi connectivity index (χ1v) is 7.19. The molecule has 104 valence electrons. The molecule has 0 amide bonds. The molecule has 6 heteroatoms. The fourth-order valence-corrected chi connectivity index (χ4v) is 3.08. The van der Waals surface area contributed by atoms with E-state index in [2.05, 4.69) is 9.97 Å². The Labute approximate surface area is 125 Å². The van der Waals surface area contributed by atoms with Crippen LogP contribution in [0.2, 0.25) is 0 Å². The number of fused-ring (bicyclic) bond motifs is 2. The molecule has 0 saturated heterocycles. The molecule has 5 nitrogen and oxygen atoms in total. The number of hydrogen-bond donors (Lipinski definition) is 1. The number of benzene rings is 1. The van der Waals surface area contributed by atoms with Crippen LogP contribution < -0.4 is 15.2 Å². The minimum absolute atomic E-state index is 0.259. The number of nitrogen functional groups attached to an aromatic ring is 1. The number of nitrogens with two attached hydrogens (primary N) is 1. The zero-order chi connectivity index (χ0) is 14.2. The lowest BCUT2D eigenvalue weighted by atomic mass is 10.1. The third-order valence-corrected chi connectivity index (χ3v) is 4.27. The fourth-order valence-electron chi connectivity index (χ4n) is 2.20. The summed E-state index contributed by atoms with van der Waals surface area (Å²) in [5.41, 5.74) is 6.59. The molecule has 3 heterocycles. The quantitative estimate of drug-likeness (QED) is 0.784. The number of anilines is 1. The molecule has 0 unspecified atom stereocenters. The summed E-state index contributed by atoms with van der Waals surface area (Å²) in [7, 11) is 0. The van der Waals surface area contributed by atoms with Crippen molar-refractivity contribution >= 4 is 28.2 Å². The van der Waals surface area contributed by atoms with Gasteiger partial charge in [-0.25, -0.2) is 9.97 Å². The van der Waals surface area contributed by atoms with Crippen molar-refractivity contribution in [3.05, 3.63) is 42.7 Å². The van der Waals surface area contributed by atoms with E-state index >= 15 is 0 Å². The second-order valence-corrected chi connectivity index (χ2v) is 5.52. The van der Waals surface area contributed by atoms with Gasteiger partial charge < -0.3 is 15.2 Å². The summed E-state index contributed by atoms with van der Waals surface area (Å²) in [6.45, 7) is 0.259. The molecule has 0 atom stereocenters. The fraction of sp³-hybridized carbons (Fsp3) is 0.0667. The Morgan fingerprint density at radius 1 is 1.00 bits per heavy atom. The first kappa shape index (κ1) is 12.3. The van der Waals surface area contributed by atoms with Crippen LogP contribution in [0.15, 0.2) is 52.8 Å². The standard InChI is InChI=1S/C15H11N3O2S/c16-11-2-1-4-17-15(11)21-14-10-7-13-12(19-8-20-13)6-9(10)3-5-18-14/h1-7H,8,16H2. The maximum atomic E-state index is 5.95. The van der Waals surface area contributed by atoms with Crippen LogP contribution in [0.25, 0.3) is 10.8 Å². The molecule has 0 spiro atoms. The molecule has 1 aliphatic heterocycles. The predicted molar refractivity (Wildman–Crippen MR) is 80.6 cm³/mol. The van der Waals surface area contributed by atoms with Gasteiger partial charge in [0.25, 0.3) is 0 Å². The minimum atomic E-state index is 0.259. The zero-order valence-corrected chi connectivity index (χ0v) is 11.8. The van der Waals surface area contributed by atoms with Crippen LogP contribution in [0.3, 0.4) is 0 Å². The van der Waals surface area contributed by atoms with E-state index in [0.29, 0.717) is 5.69 Å². The third kappa shape index (κ3) is 2.13. The molecule has 2 aromatic heterocycles. The van der Waals surface area contributed by atoms with E-state index < -0.39 is 0 Å². The number of rotatable bonds is 2. The first-order valence-electron chi connectivity index (χ1n) is 6.38. The summed E-state index contributed by atoms with van der Waals surface area (Å²) in [6, 6.07) is 9.50. The van der Waals surface area contributed by atoms with E-state index in [1.807, 2.05) is 30.3 Å². The third-order valence-electron chi connectivity index (χ3n) is 3.21. The zero-order valence-electron chi connectivity index (χ0n) is 10.9. The Kier molecular flexibility index (Phi) is 2.82.